The van der Waals surface area contributed by atoms with E-state index >= 15 is 0 Å². The van der Waals surface area contributed by atoms with Gasteiger partial charge in [-0.3, -0.25) is 4.99 Å². The van der Waals surface area contributed by atoms with Crippen LogP contribution < -0.4 is 20.1 Å². The Morgan fingerprint density at radius 3 is 2.69 bits per heavy atom. The van der Waals surface area contributed by atoms with Gasteiger partial charge in [0.25, 0.3) is 0 Å². The largest absolute Gasteiger partial charge is 0.497 e. The van der Waals surface area contributed by atoms with Crippen LogP contribution in [0.5, 0.6) is 11.5 Å². The second-order valence-corrected chi connectivity index (χ2v) is 6.25. The Kier molecular flexibility index (Phi) is 9.17. The molecule has 29 heavy (non-hydrogen) atoms. The number of aliphatic imine (C=N–C) groups is 1. The van der Waals surface area contributed by atoms with E-state index in [1.54, 1.807) is 32.4 Å². The van der Waals surface area contributed by atoms with E-state index in [-0.39, 0.29) is 5.75 Å². The van der Waals surface area contributed by atoms with Crippen LogP contribution in [0.1, 0.15) is 16.7 Å². The second kappa shape index (κ2) is 11.9. The number of guanidine groups is 1. The number of aryl methyl sites for hydroxylation is 1. The molecule has 0 saturated carbocycles. The van der Waals surface area contributed by atoms with Crippen LogP contribution in [-0.2, 0) is 17.9 Å². The Balaban J connectivity index is 1.76. The number of rotatable bonds is 10. The molecule has 0 fully saturated rings. The summed E-state index contributed by atoms with van der Waals surface area (Å²) in [5.41, 5.74) is 2.61. The van der Waals surface area contributed by atoms with Crippen LogP contribution >= 0.6 is 0 Å². The molecule has 2 aromatic rings. The average Bonchev–Trinajstić information content (AvgIpc) is 2.71. The van der Waals surface area contributed by atoms with Crippen LogP contribution in [0.3, 0.4) is 0 Å². The number of hydrogen-bond acceptors (Lipinski definition) is 4. The molecule has 0 aliphatic carbocycles. The first-order chi connectivity index (χ1) is 14.0. The standard InChI is InChI=1S/C21H27F2N3O3/c1-15-7-8-19(29-20(22)23)17(11-15)13-26-21(24-2)25-9-10-28-14-16-5-4-6-18(12-16)27-3/h4-8,11-12,20H,9-10,13-14H2,1-3H3,(H2,24,25,26). The molecular formula is C21H27F2N3O3. The Morgan fingerprint density at radius 2 is 1.97 bits per heavy atom. The van der Waals surface area contributed by atoms with Crippen LogP contribution in [0.4, 0.5) is 8.78 Å². The highest BCUT2D eigenvalue weighted by Crippen LogP contribution is 2.22. The summed E-state index contributed by atoms with van der Waals surface area (Å²) in [4.78, 5) is 4.13. The lowest BCUT2D eigenvalue weighted by Gasteiger charge is -2.15. The van der Waals surface area contributed by atoms with Crippen molar-refractivity contribution in [2.24, 2.45) is 4.99 Å². The normalized spacial score (nSPS) is 11.4. The van der Waals surface area contributed by atoms with Crippen molar-refractivity contribution in [1.29, 1.82) is 0 Å². The molecule has 0 aromatic heterocycles. The number of halogens is 2. The van der Waals surface area contributed by atoms with Crippen molar-refractivity contribution in [2.75, 3.05) is 27.3 Å². The number of benzene rings is 2. The van der Waals surface area contributed by atoms with Crippen LogP contribution in [0, 0.1) is 6.92 Å². The first-order valence-electron chi connectivity index (χ1n) is 9.21. The van der Waals surface area contributed by atoms with E-state index in [9.17, 15) is 8.78 Å². The molecule has 0 radical (unpaired) electrons. The molecule has 0 aliphatic rings. The minimum atomic E-state index is -2.87. The Bertz CT molecular complexity index is 800. The Hall–Kier alpha value is -2.87. The molecular weight excluding hydrogens is 380 g/mol. The fourth-order valence-corrected chi connectivity index (χ4v) is 2.65. The molecule has 0 saturated heterocycles. The van der Waals surface area contributed by atoms with Crippen LogP contribution in [0.2, 0.25) is 0 Å². The lowest BCUT2D eigenvalue weighted by molar-refractivity contribution is -0.0504. The van der Waals surface area contributed by atoms with E-state index in [1.807, 2.05) is 31.2 Å². The van der Waals surface area contributed by atoms with Crippen molar-refractivity contribution in [3.63, 3.8) is 0 Å². The van der Waals surface area contributed by atoms with Gasteiger partial charge in [0.2, 0.25) is 0 Å². The molecule has 2 aromatic carbocycles. The van der Waals surface area contributed by atoms with Crippen molar-refractivity contribution < 1.29 is 23.0 Å². The highest BCUT2D eigenvalue weighted by atomic mass is 19.3. The first-order valence-corrected chi connectivity index (χ1v) is 9.21. The van der Waals surface area contributed by atoms with Crippen LogP contribution in [-0.4, -0.2) is 39.9 Å². The van der Waals surface area contributed by atoms with Gasteiger partial charge < -0.3 is 24.8 Å². The third kappa shape index (κ3) is 7.95. The van der Waals surface area contributed by atoms with Gasteiger partial charge in [-0.1, -0.05) is 29.8 Å². The molecule has 0 aliphatic heterocycles. The SMILES string of the molecule is CN=C(NCCOCc1cccc(OC)c1)NCc1cc(C)ccc1OC(F)F. The summed E-state index contributed by atoms with van der Waals surface area (Å²) in [6, 6.07) is 12.8. The third-order valence-corrected chi connectivity index (χ3v) is 4.04. The van der Waals surface area contributed by atoms with Crippen LogP contribution in [0.15, 0.2) is 47.5 Å². The summed E-state index contributed by atoms with van der Waals surface area (Å²) in [6.45, 7) is 0.814. The number of ether oxygens (including phenoxy) is 3. The molecule has 8 heteroatoms. The molecule has 0 bridgehead atoms. The molecule has 0 atom stereocenters. The zero-order valence-electron chi connectivity index (χ0n) is 16.9. The Labute approximate surface area is 169 Å². The van der Waals surface area contributed by atoms with Crippen molar-refractivity contribution in [3.05, 3.63) is 59.2 Å². The molecule has 2 N–H and O–H groups in total. The summed E-state index contributed by atoms with van der Waals surface area (Å²) < 4.78 is 40.6. The second-order valence-electron chi connectivity index (χ2n) is 6.25. The highest BCUT2D eigenvalue weighted by Gasteiger charge is 2.10. The van der Waals surface area contributed by atoms with Gasteiger partial charge >= 0.3 is 6.61 Å². The van der Waals surface area contributed by atoms with E-state index in [4.69, 9.17) is 9.47 Å². The lowest BCUT2D eigenvalue weighted by Crippen LogP contribution is -2.38. The van der Waals surface area contributed by atoms with Gasteiger partial charge in [-0.05, 0) is 30.7 Å². The minimum Gasteiger partial charge on any atom is -0.497 e. The average molecular weight is 407 g/mol. The van der Waals surface area contributed by atoms with Crippen molar-refractivity contribution >= 4 is 5.96 Å². The summed E-state index contributed by atoms with van der Waals surface area (Å²) in [7, 11) is 3.26. The molecule has 0 spiro atoms. The maximum atomic E-state index is 12.6. The van der Waals surface area contributed by atoms with Gasteiger partial charge in [-0.15, -0.1) is 0 Å². The maximum Gasteiger partial charge on any atom is 0.387 e. The molecule has 0 unspecified atom stereocenters. The van der Waals surface area contributed by atoms with Gasteiger partial charge in [0.1, 0.15) is 11.5 Å². The topological polar surface area (TPSA) is 64.1 Å². The minimum absolute atomic E-state index is 0.148. The molecule has 0 heterocycles. The summed E-state index contributed by atoms with van der Waals surface area (Å²) in [5, 5.41) is 6.22. The van der Waals surface area contributed by atoms with Gasteiger partial charge in [-0.25, -0.2) is 0 Å². The van der Waals surface area contributed by atoms with Crippen molar-refractivity contribution in [2.45, 2.75) is 26.7 Å². The van der Waals surface area contributed by atoms with Gasteiger partial charge in [0, 0.05) is 25.7 Å². The van der Waals surface area contributed by atoms with E-state index < -0.39 is 6.61 Å². The van der Waals surface area contributed by atoms with Crippen molar-refractivity contribution in [1.82, 2.24) is 10.6 Å². The monoisotopic (exact) mass is 407 g/mol. The predicted octanol–water partition coefficient (Wildman–Crippen LogP) is 3.49. The molecule has 6 nitrogen and oxygen atoms in total. The van der Waals surface area contributed by atoms with Gasteiger partial charge in [-0.2, -0.15) is 8.78 Å². The fourth-order valence-electron chi connectivity index (χ4n) is 2.65. The number of methoxy groups -OCH3 is 1. The van der Waals surface area contributed by atoms with Gasteiger partial charge in [0.15, 0.2) is 5.96 Å². The van der Waals surface area contributed by atoms with E-state index in [0.717, 1.165) is 16.9 Å². The summed E-state index contributed by atoms with van der Waals surface area (Å²) in [6.07, 6.45) is 0. The molecule has 0 amide bonds. The zero-order valence-corrected chi connectivity index (χ0v) is 16.9. The van der Waals surface area contributed by atoms with Gasteiger partial charge in [0.05, 0.1) is 20.3 Å². The fraction of sp³-hybridized carbons (Fsp3) is 0.381. The van der Waals surface area contributed by atoms with E-state index in [2.05, 4.69) is 20.4 Å². The summed E-state index contributed by atoms with van der Waals surface area (Å²) in [5.74, 6) is 1.48. The number of hydrogen-bond donors (Lipinski definition) is 2. The smallest absolute Gasteiger partial charge is 0.387 e. The number of nitrogens with zero attached hydrogens (tertiary/aromatic N) is 1. The number of nitrogens with one attached hydrogen (secondary N) is 2. The Morgan fingerprint density at radius 1 is 1.14 bits per heavy atom. The molecule has 158 valence electrons. The number of alkyl halides is 2. The quantitative estimate of drug-likeness (QED) is 0.359. The summed E-state index contributed by atoms with van der Waals surface area (Å²) >= 11 is 0. The highest BCUT2D eigenvalue weighted by molar-refractivity contribution is 5.79. The predicted molar refractivity (Wildman–Crippen MR) is 109 cm³/mol. The lowest BCUT2D eigenvalue weighted by atomic mass is 10.1. The van der Waals surface area contributed by atoms with E-state index in [0.29, 0.717) is 37.8 Å². The third-order valence-electron chi connectivity index (χ3n) is 4.04. The van der Waals surface area contributed by atoms with Crippen molar-refractivity contribution in [3.8, 4) is 11.5 Å². The van der Waals surface area contributed by atoms with E-state index in [1.165, 1.54) is 0 Å². The van der Waals surface area contributed by atoms with Crippen LogP contribution in [0.25, 0.3) is 0 Å². The molecule has 2 rings (SSSR count). The first kappa shape index (κ1) is 22.4. The zero-order chi connectivity index (χ0) is 21.1. The maximum absolute atomic E-state index is 12.6.